The second-order valence-electron chi connectivity index (χ2n) is 4.97. The van der Waals surface area contributed by atoms with Crippen LogP contribution in [-0.4, -0.2) is 41.4 Å². The van der Waals surface area contributed by atoms with Gasteiger partial charge in [0.2, 0.25) is 0 Å². The Morgan fingerprint density at radius 1 is 1.47 bits per heavy atom. The van der Waals surface area contributed by atoms with Crippen LogP contribution in [0.5, 0.6) is 0 Å². The van der Waals surface area contributed by atoms with Gasteiger partial charge in [0.05, 0.1) is 0 Å². The number of hydrogen-bond acceptors (Lipinski definition) is 3. The third kappa shape index (κ3) is 2.84. The first kappa shape index (κ1) is 14.5. The molecule has 0 saturated carbocycles. The number of carbonyl (C=O) groups is 1. The molecule has 1 N–H and O–H groups in total. The molecule has 2 aliphatic rings. The maximum Gasteiger partial charge on any atom is 0.254 e. The molecular weight excluding hydrogens is 280 g/mol. The zero-order chi connectivity index (χ0) is 12.5. The minimum absolute atomic E-state index is 0. The lowest BCUT2D eigenvalue weighted by Gasteiger charge is -2.33. The highest BCUT2D eigenvalue weighted by atomic mass is 35.5. The van der Waals surface area contributed by atoms with Crippen LogP contribution in [-0.2, 0) is 6.42 Å². The second kappa shape index (κ2) is 6.06. The Morgan fingerprint density at radius 3 is 3.11 bits per heavy atom. The molecule has 104 valence electrons. The molecule has 2 heterocycles. The van der Waals surface area contributed by atoms with E-state index in [-0.39, 0.29) is 18.3 Å². The van der Waals surface area contributed by atoms with E-state index in [9.17, 15) is 4.79 Å². The normalized spacial score (nSPS) is 21.3. The van der Waals surface area contributed by atoms with E-state index in [1.807, 2.05) is 28.8 Å². The van der Waals surface area contributed by atoms with E-state index in [0.29, 0.717) is 6.04 Å². The third-order valence-corrected chi connectivity index (χ3v) is 4.88. The van der Waals surface area contributed by atoms with E-state index < -0.39 is 0 Å². The molecule has 0 aromatic heterocycles. The Balaban J connectivity index is 0.00000133. The number of anilines is 1. The number of hydrogen-bond donors (Lipinski definition) is 1. The number of amides is 1. The molecule has 1 aromatic rings. The zero-order valence-electron chi connectivity index (χ0n) is 11.0. The summed E-state index contributed by atoms with van der Waals surface area (Å²) in [4.78, 5) is 14.5. The van der Waals surface area contributed by atoms with Crippen molar-refractivity contribution >= 4 is 35.8 Å². The van der Waals surface area contributed by atoms with Gasteiger partial charge in [-0.05, 0) is 37.1 Å². The summed E-state index contributed by atoms with van der Waals surface area (Å²) in [6, 6.07) is 6.40. The van der Waals surface area contributed by atoms with Crippen LogP contribution in [0.1, 0.15) is 22.8 Å². The molecule has 1 atom stereocenters. The van der Waals surface area contributed by atoms with Crippen LogP contribution in [0, 0.1) is 0 Å². The summed E-state index contributed by atoms with van der Waals surface area (Å²) < 4.78 is 0. The molecule has 1 amide bonds. The number of benzene rings is 1. The summed E-state index contributed by atoms with van der Waals surface area (Å²) in [6.45, 7) is 4.00. The van der Waals surface area contributed by atoms with Crippen molar-refractivity contribution in [1.82, 2.24) is 4.90 Å². The first-order chi connectivity index (χ1) is 8.75. The lowest BCUT2D eigenvalue weighted by molar-refractivity contribution is 0.0716. The molecule has 1 aromatic carbocycles. The lowest BCUT2D eigenvalue weighted by atomic mass is 10.1. The van der Waals surface area contributed by atoms with E-state index in [4.69, 9.17) is 0 Å². The van der Waals surface area contributed by atoms with Crippen molar-refractivity contribution < 1.29 is 4.79 Å². The van der Waals surface area contributed by atoms with Gasteiger partial charge in [0.1, 0.15) is 0 Å². The van der Waals surface area contributed by atoms with E-state index in [0.717, 1.165) is 36.6 Å². The molecule has 1 unspecified atom stereocenters. The highest BCUT2D eigenvalue weighted by molar-refractivity contribution is 7.99. The molecule has 0 spiro atoms. The van der Waals surface area contributed by atoms with Gasteiger partial charge in [-0.1, -0.05) is 0 Å². The number of carbonyl (C=O) groups excluding carboxylic acids is 1. The number of fused-ring (bicyclic) bond motifs is 1. The minimum Gasteiger partial charge on any atom is -0.384 e. The molecule has 1 saturated heterocycles. The molecule has 3 nitrogen and oxygen atoms in total. The second-order valence-corrected chi connectivity index (χ2v) is 6.12. The van der Waals surface area contributed by atoms with Crippen LogP contribution < -0.4 is 5.32 Å². The van der Waals surface area contributed by atoms with Gasteiger partial charge in [-0.2, -0.15) is 11.8 Å². The van der Waals surface area contributed by atoms with Crippen molar-refractivity contribution in [3.05, 3.63) is 29.3 Å². The molecule has 0 aliphatic carbocycles. The Labute approximate surface area is 124 Å². The third-order valence-electron chi connectivity index (χ3n) is 3.69. The number of nitrogens with one attached hydrogen (secondary N) is 1. The van der Waals surface area contributed by atoms with Crippen LogP contribution >= 0.6 is 24.2 Å². The first-order valence-corrected chi connectivity index (χ1v) is 7.66. The number of rotatable bonds is 1. The minimum atomic E-state index is 0. The Kier molecular flexibility index (Phi) is 4.63. The average molecular weight is 299 g/mol. The molecule has 19 heavy (non-hydrogen) atoms. The SMILES string of the molecule is CC1CSCCN1C(=O)c1ccc2c(c1)CCN2.Cl. The summed E-state index contributed by atoms with van der Waals surface area (Å²) in [5.41, 5.74) is 3.31. The summed E-state index contributed by atoms with van der Waals surface area (Å²) in [6.07, 6.45) is 1.03. The monoisotopic (exact) mass is 298 g/mol. The largest absolute Gasteiger partial charge is 0.384 e. The van der Waals surface area contributed by atoms with Gasteiger partial charge in [-0.25, -0.2) is 0 Å². The van der Waals surface area contributed by atoms with Gasteiger partial charge in [0.25, 0.3) is 5.91 Å². The molecule has 5 heteroatoms. The van der Waals surface area contributed by atoms with Gasteiger partial charge in [0.15, 0.2) is 0 Å². The van der Waals surface area contributed by atoms with Crippen molar-refractivity contribution in [2.24, 2.45) is 0 Å². The van der Waals surface area contributed by atoms with Crippen LogP contribution in [0.2, 0.25) is 0 Å². The molecule has 3 rings (SSSR count). The molecular formula is C14H19ClN2OS. The number of thioether (sulfide) groups is 1. The number of halogens is 1. The summed E-state index contributed by atoms with van der Waals surface area (Å²) in [7, 11) is 0. The van der Waals surface area contributed by atoms with Gasteiger partial charge < -0.3 is 10.2 Å². The summed E-state index contributed by atoms with van der Waals surface area (Å²) in [5.74, 6) is 2.30. The molecule has 0 bridgehead atoms. The van der Waals surface area contributed by atoms with Crippen molar-refractivity contribution in [2.75, 3.05) is 29.9 Å². The Bertz CT molecular complexity index is 481. The quantitative estimate of drug-likeness (QED) is 0.865. The van der Waals surface area contributed by atoms with E-state index >= 15 is 0 Å². The zero-order valence-corrected chi connectivity index (χ0v) is 12.6. The standard InChI is InChI=1S/C14H18N2OS.ClH/c1-10-9-18-7-6-16(10)14(17)12-2-3-13-11(8-12)4-5-15-13;/h2-3,8,10,15H,4-7,9H2,1H3;1H. The van der Waals surface area contributed by atoms with Crippen LogP contribution in [0.4, 0.5) is 5.69 Å². The lowest BCUT2D eigenvalue weighted by Crippen LogP contribution is -2.44. The summed E-state index contributed by atoms with van der Waals surface area (Å²) >= 11 is 1.94. The highest BCUT2D eigenvalue weighted by Crippen LogP contribution is 2.25. The van der Waals surface area contributed by atoms with E-state index in [2.05, 4.69) is 18.3 Å². The highest BCUT2D eigenvalue weighted by Gasteiger charge is 2.25. The first-order valence-electron chi connectivity index (χ1n) is 6.51. The van der Waals surface area contributed by atoms with Gasteiger partial charge >= 0.3 is 0 Å². The fourth-order valence-corrected chi connectivity index (χ4v) is 3.65. The fraction of sp³-hybridized carbons (Fsp3) is 0.500. The van der Waals surface area contributed by atoms with Crippen LogP contribution in [0.15, 0.2) is 18.2 Å². The topological polar surface area (TPSA) is 32.3 Å². The van der Waals surface area contributed by atoms with E-state index in [1.165, 1.54) is 11.3 Å². The average Bonchev–Trinajstić information content (AvgIpc) is 2.85. The van der Waals surface area contributed by atoms with Crippen molar-refractivity contribution in [3.63, 3.8) is 0 Å². The maximum absolute atomic E-state index is 12.5. The Morgan fingerprint density at radius 2 is 2.32 bits per heavy atom. The summed E-state index contributed by atoms with van der Waals surface area (Å²) in [5, 5.41) is 3.33. The number of nitrogens with zero attached hydrogens (tertiary/aromatic N) is 1. The fourth-order valence-electron chi connectivity index (χ4n) is 2.63. The van der Waals surface area contributed by atoms with Crippen molar-refractivity contribution in [1.29, 1.82) is 0 Å². The molecule has 2 aliphatic heterocycles. The molecule has 0 radical (unpaired) electrons. The van der Waals surface area contributed by atoms with E-state index in [1.54, 1.807) is 0 Å². The van der Waals surface area contributed by atoms with Crippen LogP contribution in [0.25, 0.3) is 0 Å². The van der Waals surface area contributed by atoms with Gasteiger partial charge in [-0.3, -0.25) is 4.79 Å². The van der Waals surface area contributed by atoms with Crippen molar-refractivity contribution in [3.8, 4) is 0 Å². The predicted molar refractivity (Wildman–Crippen MR) is 83.7 cm³/mol. The van der Waals surface area contributed by atoms with Gasteiger partial charge in [0, 0.05) is 41.9 Å². The maximum atomic E-state index is 12.5. The van der Waals surface area contributed by atoms with Crippen LogP contribution in [0.3, 0.4) is 0 Å². The van der Waals surface area contributed by atoms with Crippen molar-refractivity contribution in [2.45, 2.75) is 19.4 Å². The van der Waals surface area contributed by atoms with Gasteiger partial charge in [-0.15, -0.1) is 12.4 Å². The smallest absolute Gasteiger partial charge is 0.254 e. The molecule has 1 fully saturated rings. The predicted octanol–water partition coefficient (Wildman–Crippen LogP) is 2.65. The Hall–Kier alpha value is -0.870.